The zero-order valence-electron chi connectivity index (χ0n) is 13.6. The predicted octanol–water partition coefficient (Wildman–Crippen LogP) is 3.50. The summed E-state index contributed by atoms with van der Waals surface area (Å²) >= 11 is 1.83. The van der Waals surface area contributed by atoms with E-state index in [1.165, 1.54) is 65.2 Å². The van der Waals surface area contributed by atoms with E-state index >= 15 is 0 Å². The first-order valence-electron chi connectivity index (χ1n) is 8.46. The summed E-state index contributed by atoms with van der Waals surface area (Å²) in [7, 11) is 0. The van der Waals surface area contributed by atoms with Crippen LogP contribution in [0.2, 0.25) is 0 Å². The van der Waals surface area contributed by atoms with Crippen LogP contribution in [-0.2, 0) is 6.54 Å². The molecule has 0 N–H and O–H groups in total. The Bertz CT molecular complexity index is 682. The minimum Gasteiger partial charge on any atom is -0.356 e. The highest BCUT2D eigenvalue weighted by Gasteiger charge is 2.22. The van der Waals surface area contributed by atoms with Crippen molar-refractivity contribution in [3.63, 3.8) is 0 Å². The van der Waals surface area contributed by atoms with Crippen LogP contribution in [0.15, 0.2) is 0 Å². The Morgan fingerprint density at radius 3 is 2.36 bits per heavy atom. The summed E-state index contributed by atoms with van der Waals surface area (Å²) in [5.41, 5.74) is 1.37. The van der Waals surface area contributed by atoms with Crippen LogP contribution in [0.3, 0.4) is 0 Å². The van der Waals surface area contributed by atoms with E-state index in [-0.39, 0.29) is 0 Å². The van der Waals surface area contributed by atoms with Crippen LogP contribution in [0.4, 0.5) is 5.82 Å². The lowest BCUT2D eigenvalue weighted by molar-refractivity contribution is 0.323. The first-order chi connectivity index (χ1) is 10.7. The number of rotatable bonds is 3. The fourth-order valence-electron chi connectivity index (χ4n) is 3.64. The fraction of sp³-hybridized carbons (Fsp3) is 0.647. The molecule has 0 bridgehead atoms. The molecule has 2 aliphatic heterocycles. The van der Waals surface area contributed by atoms with E-state index in [2.05, 4.69) is 23.6 Å². The number of fused-ring (bicyclic) bond motifs is 1. The summed E-state index contributed by atoms with van der Waals surface area (Å²) < 4.78 is 0. The molecule has 5 heteroatoms. The second-order valence-electron chi connectivity index (χ2n) is 6.60. The summed E-state index contributed by atoms with van der Waals surface area (Å²) in [4.78, 5) is 17.4. The lowest BCUT2D eigenvalue weighted by Gasteiger charge is -2.20. The average Bonchev–Trinajstić information content (AvgIpc) is 3.22. The molecule has 4 nitrogen and oxygen atoms in total. The second-order valence-corrected chi connectivity index (χ2v) is 7.81. The molecule has 118 valence electrons. The highest BCUT2D eigenvalue weighted by molar-refractivity contribution is 7.18. The van der Waals surface area contributed by atoms with E-state index < -0.39 is 0 Å². The van der Waals surface area contributed by atoms with Crippen molar-refractivity contribution in [1.29, 1.82) is 0 Å². The molecular weight excluding hydrogens is 292 g/mol. The van der Waals surface area contributed by atoms with Crippen molar-refractivity contribution in [2.45, 2.75) is 46.1 Å². The molecule has 0 spiro atoms. The minimum absolute atomic E-state index is 0.909. The maximum atomic E-state index is 5.00. The van der Waals surface area contributed by atoms with Crippen molar-refractivity contribution in [3.8, 4) is 0 Å². The van der Waals surface area contributed by atoms with Gasteiger partial charge in [0.05, 0.1) is 11.9 Å². The Hall–Kier alpha value is -1.20. The third-order valence-electron chi connectivity index (χ3n) is 5.03. The van der Waals surface area contributed by atoms with Crippen molar-refractivity contribution in [3.05, 3.63) is 16.3 Å². The zero-order chi connectivity index (χ0) is 15.1. The maximum Gasteiger partial charge on any atom is 0.146 e. The smallest absolute Gasteiger partial charge is 0.146 e. The van der Waals surface area contributed by atoms with Gasteiger partial charge in [0, 0.05) is 18.0 Å². The van der Waals surface area contributed by atoms with Gasteiger partial charge >= 0.3 is 0 Å². The molecule has 2 aliphatic rings. The number of nitrogens with zero attached hydrogens (tertiary/aromatic N) is 4. The molecule has 0 unspecified atom stereocenters. The molecule has 2 fully saturated rings. The second kappa shape index (κ2) is 5.78. The number of thiophene rings is 1. The van der Waals surface area contributed by atoms with E-state index in [0.717, 1.165) is 25.5 Å². The standard InChI is InChI=1S/C17H24N4S/c1-12-13(2)22-17-15(12)16(21-9-5-6-10-21)18-14(19-17)11-20-7-3-4-8-20/h3-11H2,1-2H3. The Morgan fingerprint density at radius 2 is 1.64 bits per heavy atom. The Kier molecular flexibility index (Phi) is 3.78. The van der Waals surface area contributed by atoms with Crippen molar-refractivity contribution in [2.24, 2.45) is 0 Å². The van der Waals surface area contributed by atoms with Gasteiger partial charge in [0.15, 0.2) is 0 Å². The van der Waals surface area contributed by atoms with Gasteiger partial charge < -0.3 is 4.90 Å². The highest BCUT2D eigenvalue weighted by Crippen LogP contribution is 2.36. The number of anilines is 1. The van der Waals surface area contributed by atoms with Crippen LogP contribution >= 0.6 is 11.3 Å². The molecule has 4 rings (SSSR count). The highest BCUT2D eigenvalue weighted by atomic mass is 32.1. The number of aryl methyl sites for hydroxylation is 2. The van der Waals surface area contributed by atoms with E-state index in [4.69, 9.17) is 9.97 Å². The Labute approximate surface area is 136 Å². The minimum atomic E-state index is 0.909. The number of aromatic nitrogens is 2. The van der Waals surface area contributed by atoms with Crippen molar-refractivity contribution in [1.82, 2.24) is 14.9 Å². The normalized spacial score (nSPS) is 19.6. The Balaban J connectivity index is 1.78. The van der Waals surface area contributed by atoms with Crippen molar-refractivity contribution < 1.29 is 0 Å². The molecule has 2 saturated heterocycles. The number of likely N-dealkylation sites (tertiary alicyclic amines) is 1. The molecule has 4 heterocycles. The van der Waals surface area contributed by atoms with Crippen LogP contribution in [0, 0.1) is 13.8 Å². The van der Waals surface area contributed by atoms with Crippen molar-refractivity contribution in [2.75, 3.05) is 31.1 Å². The van der Waals surface area contributed by atoms with Gasteiger partial charge in [-0.2, -0.15) is 0 Å². The average molecular weight is 316 g/mol. The van der Waals surface area contributed by atoms with Gasteiger partial charge in [-0.15, -0.1) is 11.3 Å². The van der Waals surface area contributed by atoms with Crippen LogP contribution in [0.25, 0.3) is 10.2 Å². The predicted molar refractivity (Wildman–Crippen MR) is 92.8 cm³/mol. The number of hydrogen-bond acceptors (Lipinski definition) is 5. The van der Waals surface area contributed by atoms with Crippen LogP contribution < -0.4 is 4.90 Å². The largest absolute Gasteiger partial charge is 0.356 e. The van der Waals surface area contributed by atoms with Crippen LogP contribution in [0.1, 0.15) is 41.9 Å². The molecule has 0 radical (unpaired) electrons. The van der Waals surface area contributed by atoms with Gasteiger partial charge in [0.2, 0.25) is 0 Å². The summed E-state index contributed by atoms with van der Waals surface area (Å²) in [5.74, 6) is 2.20. The molecule has 2 aromatic rings. The fourth-order valence-corrected chi connectivity index (χ4v) is 4.68. The molecule has 0 saturated carbocycles. The third kappa shape index (κ3) is 2.50. The maximum absolute atomic E-state index is 5.00. The van der Waals surface area contributed by atoms with E-state index in [9.17, 15) is 0 Å². The van der Waals surface area contributed by atoms with Gasteiger partial charge in [0.25, 0.3) is 0 Å². The zero-order valence-corrected chi connectivity index (χ0v) is 14.4. The van der Waals surface area contributed by atoms with E-state index in [1.807, 2.05) is 11.3 Å². The van der Waals surface area contributed by atoms with Gasteiger partial charge in [-0.3, -0.25) is 4.90 Å². The first kappa shape index (κ1) is 14.4. The van der Waals surface area contributed by atoms with Gasteiger partial charge in [-0.05, 0) is 58.2 Å². The molecule has 0 aromatic carbocycles. The van der Waals surface area contributed by atoms with Crippen LogP contribution in [0.5, 0.6) is 0 Å². The molecule has 22 heavy (non-hydrogen) atoms. The topological polar surface area (TPSA) is 32.3 Å². The quantitative estimate of drug-likeness (QED) is 0.867. The molecule has 0 aliphatic carbocycles. The van der Waals surface area contributed by atoms with Gasteiger partial charge in [-0.25, -0.2) is 9.97 Å². The summed E-state index contributed by atoms with van der Waals surface area (Å²) in [6, 6.07) is 0. The van der Waals surface area contributed by atoms with Gasteiger partial charge in [0.1, 0.15) is 16.5 Å². The summed E-state index contributed by atoms with van der Waals surface area (Å²) in [5, 5.41) is 1.30. The molecular formula is C17H24N4S. The SMILES string of the molecule is Cc1sc2nc(CN3CCCC3)nc(N3CCCC3)c2c1C. The van der Waals surface area contributed by atoms with Crippen molar-refractivity contribution >= 4 is 27.4 Å². The Morgan fingerprint density at radius 1 is 0.955 bits per heavy atom. The third-order valence-corrected chi connectivity index (χ3v) is 6.13. The number of hydrogen-bond donors (Lipinski definition) is 0. The monoisotopic (exact) mass is 316 g/mol. The first-order valence-corrected chi connectivity index (χ1v) is 9.28. The van der Waals surface area contributed by atoms with Gasteiger partial charge in [-0.1, -0.05) is 0 Å². The molecule has 0 amide bonds. The summed E-state index contributed by atoms with van der Waals surface area (Å²) in [6.45, 7) is 10.0. The summed E-state index contributed by atoms with van der Waals surface area (Å²) in [6.07, 6.45) is 5.21. The molecule has 0 atom stereocenters. The molecule has 2 aromatic heterocycles. The lowest BCUT2D eigenvalue weighted by atomic mass is 10.2. The van der Waals surface area contributed by atoms with E-state index in [1.54, 1.807) is 0 Å². The van der Waals surface area contributed by atoms with E-state index in [0.29, 0.717) is 0 Å². The lowest BCUT2D eigenvalue weighted by Crippen LogP contribution is -2.23. The van der Waals surface area contributed by atoms with Crippen LogP contribution in [-0.4, -0.2) is 41.0 Å².